The number of rotatable bonds is 5. The van der Waals surface area contributed by atoms with E-state index < -0.39 is 0 Å². The normalized spacial score (nSPS) is 10.6. The lowest BCUT2D eigenvalue weighted by molar-refractivity contribution is 0.302. The molecule has 106 valence electrons. The van der Waals surface area contributed by atoms with Gasteiger partial charge in [0.25, 0.3) is 0 Å². The van der Waals surface area contributed by atoms with Gasteiger partial charge in [-0.3, -0.25) is 0 Å². The van der Waals surface area contributed by atoms with E-state index in [0.717, 1.165) is 16.9 Å². The zero-order valence-corrected chi connectivity index (χ0v) is 13.2. The van der Waals surface area contributed by atoms with Crippen LogP contribution in [0.5, 0.6) is 5.75 Å². The molecule has 0 unspecified atom stereocenters. The first-order chi connectivity index (χ1) is 9.60. The second-order valence-corrected chi connectivity index (χ2v) is 5.59. The molecule has 2 aromatic rings. The van der Waals surface area contributed by atoms with Crippen molar-refractivity contribution in [3.8, 4) is 5.75 Å². The summed E-state index contributed by atoms with van der Waals surface area (Å²) in [5.41, 5.74) is 1.85. The smallest absolute Gasteiger partial charge is 0.124 e. The Bertz CT molecular complexity index is 602. The van der Waals surface area contributed by atoms with E-state index in [-0.39, 0.29) is 0 Å². The lowest BCUT2D eigenvalue weighted by Crippen LogP contribution is -2.07. The largest absolute Gasteiger partial charge is 0.489 e. The number of nitrogens with one attached hydrogen (secondary N) is 1. The maximum Gasteiger partial charge on any atom is 0.124 e. The fraction of sp³-hybridized carbons (Fsp3) is 0.200. The molecule has 0 saturated heterocycles. The quantitative estimate of drug-likeness (QED) is 0.838. The third kappa shape index (κ3) is 4.03. The Kier molecular flexibility index (Phi) is 5.55. The van der Waals surface area contributed by atoms with Crippen LogP contribution in [0.15, 0.2) is 36.4 Å². The molecule has 0 aromatic heterocycles. The van der Waals surface area contributed by atoms with Gasteiger partial charge >= 0.3 is 0 Å². The summed E-state index contributed by atoms with van der Waals surface area (Å²) in [6, 6.07) is 10.9. The van der Waals surface area contributed by atoms with Crippen LogP contribution in [0.2, 0.25) is 15.1 Å². The SMILES string of the molecule is CNCc1cc(Cl)ccc1OCc1cc(Cl)ccc1Cl. The van der Waals surface area contributed by atoms with Crippen molar-refractivity contribution in [2.24, 2.45) is 0 Å². The maximum atomic E-state index is 6.12. The van der Waals surface area contributed by atoms with Crippen molar-refractivity contribution in [3.05, 3.63) is 62.6 Å². The Morgan fingerprint density at radius 1 is 0.950 bits per heavy atom. The standard InChI is InChI=1S/C15H14Cl3NO/c1-19-8-10-6-13(17)3-5-15(10)20-9-11-7-12(16)2-4-14(11)18/h2-7,19H,8-9H2,1H3. The molecule has 0 radical (unpaired) electrons. The average molecular weight is 331 g/mol. The Morgan fingerprint density at radius 3 is 2.30 bits per heavy atom. The van der Waals surface area contributed by atoms with E-state index in [1.54, 1.807) is 24.3 Å². The zero-order chi connectivity index (χ0) is 14.5. The first kappa shape index (κ1) is 15.5. The molecule has 0 spiro atoms. The van der Waals surface area contributed by atoms with Crippen molar-refractivity contribution in [1.29, 1.82) is 0 Å². The Balaban J connectivity index is 2.16. The van der Waals surface area contributed by atoms with Crippen LogP contribution in [-0.4, -0.2) is 7.05 Å². The zero-order valence-electron chi connectivity index (χ0n) is 10.9. The van der Waals surface area contributed by atoms with Crippen LogP contribution >= 0.6 is 34.8 Å². The highest BCUT2D eigenvalue weighted by Gasteiger charge is 2.07. The summed E-state index contributed by atoms with van der Waals surface area (Å²) in [5, 5.41) is 5.04. The van der Waals surface area contributed by atoms with E-state index in [9.17, 15) is 0 Å². The van der Waals surface area contributed by atoms with Gasteiger partial charge in [0.2, 0.25) is 0 Å². The van der Waals surface area contributed by atoms with Gasteiger partial charge in [-0.25, -0.2) is 0 Å². The predicted octanol–water partition coefficient (Wildman–Crippen LogP) is 4.95. The molecule has 0 aliphatic rings. The van der Waals surface area contributed by atoms with Crippen LogP contribution < -0.4 is 10.1 Å². The predicted molar refractivity (Wildman–Crippen MR) is 85.0 cm³/mol. The maximum absolute atomic E-state index is 6.12. The molecule has 5 heteroatoms. The molecule has 0 bridgehead atoms. The lowest BCUT2D eigenvalue weighted by Gasteiger charge is -2.13. The van der Waals surface area contributed by atoms with Gasteiger partial charge in [0.15, 0.2) is 0 Å². The van der Waals surface area contributed by atoms with E-state index >= 15 is 0 Å². The molecular formula is C15H14Cl3NO. The van der Waals surface area contributed by atoms with Gasteiger partial charge in [-0.1, -0.05) is 34.8 Å². The minimum absolute atomic E-state index is 0.359. The van der Waals surface area contributed by atoms with E-state index in [2.05, 4.69) is 5.32 Å². The van der Waals surface area contributed by atoms with E-state index in [1.807, 2.05) is 19.2 Å². The van der Waals surface area contributed by atoms with Crippen molar-refractivity contribution in [2.75, 3.05) is 7.05 Å². The third-order valence-electron chi connectivity index (χ3n) is 2.78. The summed E-state index contributed by atoms with van der Waals surface area (Å²) in [7, 11) is 1.87. The second kappa shape index (κ2) is 7.19. The molecule has 0 amide bonds. The highest BCUT2D eigenvalue weighted by atomic mass is 35.5. The first-order valence-corrected chi connectivity index (χ1v) is 7.23. The number of ether oxygens (including phenoxy) is 1. The van der Waals surface area contributed by atoms with Crippen LogP contribution in [0.4, 0.5) is 0 Å². The Hall–Kier alpha value is -0.930. The monoisotopic (exact) mass is 329 g/mol. The fourth-order valence-corrected chi connectivity index (χ4v) is 2.39. The lowest BCUT2D eigenvalue weighted by atomic mass is 10.2. The molecule has 2 aromatic carbocycles. The fourth-order valence-electron chi connectivity index (χ4n) is 1.83. The Morgan fingerprint density at radius 2 is 1.60 bits per heavy atom. The number of hydrogen-bond acceptors (Lipinski definition) is 2. The van der Waals surface area contributed by atoms with Crippen molar-refractivity contribution in [3.63, 3.8) is 0 Å². The first-order valence-electron chi connectivity index (χ1n) is 6.10. The van der Waals surface area contributed by atoms with Crippen LogP contribution in [0, 0.1) is 0 Å². The van der Waals surface area contributed by atoms with Crippen molar-refractivity contribution < 1.29 is 4.74 Å². The summed E-state index contributed by atoms with van der Waals surface area (Å²) < 4.78 is 5.82. The summed E-state index contributed by atoms with van der Waals surface area (Å²) in [6.07, 6.45) is 0. The van der Waals surface area contributed by atoms with Crippen molar-refractivity contribution in [1.82, 2.24) is 5.32 Å². The molecular weight excluding hydrogens is 317 g/mol. The molecule has 0 saturated carbocycles. The van der Waals surface area contributed by atoms with Crippen LogP contribution in [-0.2, 0) is 13.2 Å². The van der Waals surface area contributed by atoms with Crippen LogP contribution in [0.3, 0.4) is 0 Å². The molecule has 0 aliphatic carbocycles. The van der Waals surface area contributed by atoms with Gasteiger partial charge in [0.1, 0.15) is 12.4 Å². The highest BCUT2D eigenvalue weighted by Crippen LogP contribution is 2.26. The molecule has 0 atom stereocenters. The summed E-state index contributed by atoms with van der Waals surface area (Å²) in [5.74, 6) is 0.778. The molecule has 0 heterocycles. The second-order valence-electron chi connectivity index (χ2n) is 4.31. The van der Waals surface area contributed by atoms with Gasteiger partial charge in [0, 0.05) is 32.7 Å². The van der Waals surface area contributed by atoms with Gasteiger partial charge < -0.3 is 10.1 Å². The number of benzene rings is 2. The molecule has 0 aliphatic heterocycles. The van der Waals surface area contributed by atoms with Crippen molar-refractivity contribution in [2.45, 2.75) is 13.2 Å². The number of halogens is 3. The van der Waals surface area contributed by atoms with Gasteiger partial charge in [-0.05, 0) is 43.4 Å². The van der Waals surface area contributed by atoms with E-state index in [0.29, 0.717) is 28.2 Å². The summed E-state index contributed by atoms with van der Waals surface area (Å²) >= 11 is 18.1. The van der Waals surface area contributed by atoms with Crippen molar-refractivity contribution >= 4 is 34.8 Å². The van der Waals surface area contributed by atoms with E-state index in [1.165, 1.54) is 0 Å². The molecule has 2 rings (SSSR count). The van der Waals surface area contributed by atoms with Gasteiger partial charge in [-0.15, -0.1) is 0 Å². The molecule has 1 N–H and O–H groups in total. The highest BCUT2D eigenvalue weighted by molar-refractivity contribution is 6.33. The van der Waals surface area contributed by atoms with Gasteiger partial charge in [0.05, 0.1) is 0 Å². The Labute approximate surface area is 133 Å². The minimum Gasteiger partial charge on any atom is -0.489 e. The summed E-state index contributed by atoms with van der Waals surface area (Å²) in [4.78, 5) is 0. The number of hydrogen-bond donors (Lipinski definition) is 1. The third-order valence-corrected chi connectivity index (χ3v) is 3.62. The molecule has 0 fully saturated rings. The van der Waals surface area contributed by atoms with E-state index in [4.69, 9.17) is 39.5 Å². The molecule has 2 nitrogen and oxygen atoms in total. The average Bonchev–Trinajstić information content (AvgIpc) is 2.42. The van der Waals surface area contributed by atoms with Crippen LogP contribution in [0.1, 0.15) is 11.1 Å². The summed E-state index contributed by atoms with van der Waals surface area (Å²) in [6.45, 7) is 1.04. The minimum atomic E-state index is 0.359. The molecule has 20 heavy (non-hydrogen) atoms. The van der Waals surface area contributed by atoms with Crippen LogP contribution in [0.25, 0.3) is 0 Å². The van der Waals surface area contributed by atoms with Gasteiger partial charge in [-0.2, -0.15) is 0 Å². The topological polar surface area (TPSA) is 21.3 Å².